The molecule has 4 heteroatoms. The van der Waals surface area contributed by atoms with Gasteiger partial charge in [0, 0.05) is 5.71 Å². The van der Waals surface area contributed by atoms with Gasteiger partial charge in [-0.1, -0.05) is 32.4 Å². The Bertz CT molecular complexity index is 442. The Morgan fingerprint density at radius 3 is 2.68 bits per heavy atom. The van der Waals surface area contributed by atoms with Gasteiger partial charge < -0.3 is 4.74 Å². The van der Waals surface area contributed by atoms with Crippen molar-refractivity contribution >= 4 is 11.6 Å². The molecule has 4 nitrogen and oxygen atoms in total. The number of benzene rings is 1. The van der Waals surface area contributed by atoms with E-state index >= 15 is 0 Å². The first-order valence-corrected chi connectivity index (χ1v) is 6.71. The van der Waals surface area contributed by atoms with Crippen LogP contribution in [-0.2, 0) is 0 Å². The molecule has 0 bridgehead atoms. The molecule has 19 heavy (non-hydrogen) atoms. The lowest BCUT2D eigenvalue weighted by Gasteiger charge is -2.07. The zero-order chi connectivity index (χ0) is 14.1. The normalized spacial score (nSPS) is 11.2. The number of nitrogens with one attached hydrogen (secondary N) is 1. The highest BCUT2D eigenvalue weighted by atomic mass is 16.5. The summed E-state index contributed by atoms with van der Waals surface area (Å²) in [5.41, 5.74) is 4.12. The molecule has 1 N–H and O–H groups in total. The smallest absolute Gasteiger partial charge is 0.275 e. The fourth-order valence-electron chi connectivity index (χ4n) is 1.71. The number of nitrogens with zero attached hydrogens (tertiary/aromatic N) is 1. The fourth-order valence-corrected chi connectivity index (χ4v) is 1.71. The Morgan fingerprint density at radius 2 is 2.05 bits per heavy atom. The maximum absolute atomic E-state index is 12.0. The van der Waals surface area contributed by atoms with E-state index in [1.165, 1.54) is 0 Å². The van der Waals surface area contributed by atoms with Gasteiger partial charge in [0.25, 0.3) is 5.91 Å². The maximum atomic E-state index is 12.0. The van der Waals surface area contributed by atoms with E-state index in [-0.39, 0.29) is 5.91 Å². The molecular formula is C15H22N2O2. The predicted octanol–water partition coefficient (Wildman–Crippen LogP) is 3.38. The second-order valence-corrected chi connectivity index (χ2v) is 4.28. The van der Waals surface area contributed by atoms with Gasteiger partial charge in [-0.05, 0) is 31.4 Å². The summed E-state index contributed by atoms with van der Waals surface area (Å²) in [6.45, 7) is 4.18. The van der Waals surface area contributed by atoms with E-state index in [4.69, 9.17) is 4.74 Å². The number of para-hydroxylation sites is 1. The second-order valence-electron chi connectivity index (χ2n) is 4.28. The molecule has 1 aromatic carbocycles. The Morgan fingerprint density at radius 1 is 1.32 bits per heavy atom. The predicted molar refractivity (Wildman–Crippen MR) is 77.7 cm³/mol. The summed E-state index contributed by atoms with van der Waals surface area (Å²) in [6, 6.07) is 7.12. The molecule has 0 heterocycles. The summed E-state index contributed by atoms with van der Waals surface area (Å²) in [7, 11) is 1.55. The third-order valence-electron chi connectivity index (χ3n) is 2.89. The monoisotopic (exact) mass is 262 g/mol. The van der Waals surface area contributed by atoms with Crippen LogP contribution in [0.2, 0.25) is 0 Å². The molecular weight excluding hydrogens is 240 g/mol. The van der Waals surface area contributed by atoms with Gasteiger partial charge in [-0.3, -0.25) is 4.79 Å². The summed E-state index contributed by atoms with van der Waals surface area (Å²) in [5, 5.41) is 4.19. The van der Waals surface area contributed by atoms with E-state index in [1.807, 2.05) is 13.0 Å². The van der Waals surface area contributed by atoms with Crippen molar-refractivity contribution in [1.29, 1.82) is 0 Å². The Kier molecular flexibility index (Phi) is 6.64. The quantitative estimate of drug-likeness (QED) is 0.605. The first kappa shape index (κ1) is 15.2. The zero-order valence-corrected chi connectivity index (χ0v) is 11.9. The minimum Gasteiger partial charge on any atom is -0.496 e. The van der Waals surface area contributed by atoms with Gasteiger partial charge >= 0.3 is 0 Å². The zero-order valence-electron chi connectivity index (χ0n) is 11.9. The third kappa shape index (κ3) is 4.73. The summed E-state index contributed by atoms with van der Waals surface area (Å²) in [4.78, 5) is 12.0. The molecule has 0 aliphatic carbocycles. The van der Waals surface area contributed by atoms with Crippen molar-refractivity contribution in [3.8, 4) is 5.75 Å². The first-order chi connectivity index (χ1) is 9.22. The molecule has 1 aromatic rings. The summed E-state index contributed by atoms with van der Waals surface area (Å²) >= 11 is 0. The van der Waals surface area contributed by atoms with Crippen molar-refractivity contribution < 1.29 is 9.53 Å². The van der Waals surface area contributed by atoms with Crippen LogP contribution in [0, 0.1) is 0 Å². The molecule has 104 valence electrons. The largest absolute Gasteiger partial charge is 0.496 e. The average Bonchev–Trinajstić information content (AvgIpc) is 2.47. The van der Waals surface area contributed by atoms with Crippen LogP contribution in [0.15, 0.2) is 29.4 Å². The van der Waals surface area contributed by atoms with E-state index in [0.717, 1.165) is 31.4 Å². The highest BCUT2D eigenvalue weighted by molar-refractivity contribution is 5.97. The van der Waals surface area contributed by atoms with Crippen LogP contribution < -0.4 is 10.2 Å². The van der Waals surface area contributed by atoms with Crippen LogP contribution in [0.1, 0.15) is 49.9 Å². The lowest BCUT2D eigenvalue weighted by Crippen LogP contribution is -2.20. The molecule has 0 aliphatic rings. The molecule has 0 radical (unpaired) electrons. The summed E-state index contributed by atoms with van der Waals surface area (Å²) in [5.74, 6) is 0.321. The summed E-state index contributed by atoms with van der Waals surface area (Å²) in [6.07, 6.45) is 4.00. The SMILES string of the molecule is CCCC/C(CC)=N/NC(=O)c1ccccc1OC. The molecule has 0 saturated carbocycles. The van der Waals surface area contributed by atoms with Crippen molar-refractivity contribution in [2.45, 2.75) is 39.5 Å². The molecule has 0 fully saturated rings. The van der Waals surface area contributed by atoms with Crippen molar-refractivity contribution in [2.24, 2.45) is 5.10 Å². The number of ether oxygens (including phenoxy) is 1. The minimum absolute atomic E-state index is 0.236. The van der Waals surface area contributed by atoms with Gasteiger partial charge in [-0.25, -0.2) is 5.43 Å². The second kappa shape index (κ2) is 8.29. The number of hydrogen-bond acceptors (Lipinski definition) is 3. The van der Waals surface area contributed by atoms with Gasteiger partial charge in [0.15, 0.2) is 0 Å². The third-order valence-corrected chi connectivity index (χ3v) is 2.89. The number of rotatable bonds is 7. The number of amides is 1. The Labute approximate surface area is 114 Å². The van der Waals surface area contributed by atoms with Gasteiger partial charge in [0.1, 0.15) is 5.75 Å². The van der Waals surface area contributed by atoms with E-state index in [2.05, 4.69) is 17.5 Å². The van der Waals surface area contributed by atoms with E-state index in [9.17, 15) is 4.79 Å². The molecule has 1 amide bonds. The Balaban J connectivity index is 2.70. The van der Waals surface area contributed by atoms with E-state index in [1.54, 1.807) is 25.3 Å². The van der Waals surface area contributed by atoms with Crippen LogP contribution in [0.25, 0.3) is 0 Å². The number of hydrazone groups is 1. The van der Waals surface area contributed by atoms with Gasteiger partial charge in [0.2, 0.25) is 0 Å². The molecule has 0 saturated heterocycles. The lowest BCUT2D eigenvalue weighted by atomic mass is 10.1. The lowest BCUT2D eigenvalue weighted by molar-refractivity contribution is 0.0951. The standard InChI is InChI=1S/C15H22N2O2/c1-4-6-9-12(5-2)16-17-15(18)13-10-7-8-11-14(13)19-3/h7-8,10-11H,4-6,9H2,1-3H3,(H,17,18)/b16-12+. The van der Waals surface area contributed by atoms with Crippen LogP contribution in [-0.4, -0.2) is 18.7 Å². The number of hydrogen-bond donors (Lipinski definition) is 1. The minimum atomic E-state index is -0.236. The summed E-state index contributed by atoms with van der Waals surface area (Å²) < 4.78 is 5.16. The van der Waals surface area contributed by atoms with Gasteiger partial charge in [-0.2, -0.15) is 5.10 Å². The molecule has 0 unspecified atom stereocenters. The van der Waals surface area contributed by atoms with Gasteiger partial charge in [0.05, 0.1) is 12.7 Å². The average molecular weight is 262 g/mol. The van der Waals surface area contributed by atoms with E-state index in [0.29, 0.717) is 11.3 Å². The van der Waals surface area contributed by atoms with Crippen molar-refractivity contribution in [3.63, 3.8) is 0 Å². The fraction of sp³-hybridized carbons (Fsp3) is 0.467. The Hall–Kier alpha value is -1.84. The molecule has 0 aromatic heterocycles. The number of unbranched alkanes of at least 4 members (excludes halogenated alkanes) is 1. The topological polar surface area (TPSA) is 50.7 Å². The number of carbonyl (C=O) groups is 1. The van der Waals surface area contributed by atoms with Crippen LogP contribution in [0.5, 0.6) is 5.75 Å². The number of methoxy groups -OCH3 is 1. The molecule has 0 spiro atoms. The van der Waals surface area contributed by atoms with Crippen molar-refractivity contribution in [1.82, 2.24) is 5.43 Å². The molecule has 0 atom stereocenters. The van der Waals surface area contributed by atoms with Crippen molar-refractivity contribution in [3.05, 3.63) is 29.8 Å². The highest BCUT2D eigenvalue weighted by Crippen LogP contribution is 2.16. The molecule has 0 aliphatic heterocycles. The first-order valence-electron chi connectivity index (χ1n) is 6.71. The van der Waals surface area contributed by atoms with E-state index < -0.39 is 0 Å². The van der Waals surface area contributed by atoms with Crippen LogP contribution in [0.3, 0.4) is 0 Å². The maximum Gasteiger partial charge on any atom is 0.275 e. The van der Waals surface area contributed by atoms with Crippen LogP contribution >= 0.6 is 0 Å². The highest BCUT2D eigenvalue weighted by Gasteiger charge is 2.10. The molecule has 1 rings (SSSR count). The van der Waals surface area contributed by atoms with Crippen LogP contribution in [0.4, 0.5) is 0 Å². The number of carbonyl (C=O) groups excluding carboxylic acids is 1. The van der Waals surface area contributed by atoms with Crippen molar-refractivity contribution in [2.75, 3.05) is 7.11 Å². The van der Waals surface area contributed by atoms with Gasteiger partial charge in [-0.15, -0.1) is 0 Å².